The maximum atomic E-state index is 13.0. The number of amides is 1. The number of hydrogen-bond donors (Lipinski definition) is 6. The Balaban J connectivity index is 2.15. The highest BCUT2D eigenvalue weighted by Gasteiger charge is 2.44. The van der Waals surface area contributed by atoms with Gasteiger partial charge in [0.2, 0.25) is 5.91 Å². The Kier molecular flexibility index (Phi) is 44.0. The highest BCUT2D eigenvalue weighted by atomic mass is 16.7. The van der Waals surface area contributed by atoms with Gasteiger partial charge in [-0.15, -0.1) is 0 Å². The summed E-state index contributed by atoms with van der Waals surface area (Å²) in [5, 5.41) is 54.3. The van der Waals surface area contributed by atoms with Crippen LogP contribution in [0, 0.1) is 0 Å². The van der Waals surface area contributed by atoms with Crippen molar-refractivity contribution in [2.75, 3.05) is 13.2 Å². The van der Waals surface area contributed by atoms with Gasteiger partial charge in [-0.1, -0.05) is 244 Å². The van der Waals surface area contributed by atoms with Crippen molar-refractivity contribution in [1.29, 1.82) is 0 Å². The second kappa shape index (κ2) is 46.4. The standard InChI is InChI=1S/C56H107NO8/c1-3-5-7-9-11-13-15-17-18-19-20-21-22-23-24-25-26-27-28-29-30-31-32-33-34-35-37-39-41-43-45-50(59)49(48-64-56-55(63)54(62)53(61)51(47-58)65-56)57-52(60)46-44-42-40-38-36-16-14-12-10-8-6-4-2/h12,14,43,45,49-51,53-56,58-59,61-63H,3-11,13,15-42,44,46-48H2,1-2H3,(H,57,60)/b14-12-,45-43+. The first-order chi connectivity index (χ1) is 31.8. The molecule has 0 aromatic rings. The van der Waals surface area contributed by atoms with Crippen LogP contribution in [-0.2, 0) is 14.3 Å². The van der Waals surface area contributed by atoms with E-state index in [1.807, 2.05) is 6.08 Å². The third kappa shape index (κ3) is 36.3. The van der Waals surface area contributed by atoms with Gasteiger partial charge in [-0.25, -0.2) is 0 Å². The van der Waals surface area contributed by atoms with Gasteiger partial charge in [-0.2, -0.15) is 0 Å². The number of carbonyl (C=O) groups is 1. The first-order valence-electron chi connectivity index (χ1n) is 28.1. The van der Waals surface area contributed by atoms with E-state index in [0.717, 1.165) is 57.8 Å². The van der Waals surface area contributed by atoms with Crippen LogP contribution in [0.3, 0.4) is 0 Å². The molecule has 65 heavy (non-hydrogen) atoms. The number of allylic oxidation sites excluding steroid dienone is 3. The summed E-state index contributed by atoms with van der Waals surface area (Å²) in [6.07, 6.45) is 51.2. The van der Waals surface area contributed by atoms with Crippen molar-refractivity contribution >= 4 is 5.91 Å². The van der Waals surface area contributed by atoms with Crippen LogP contribution in [0.25, 0.3) is 0 Å². The molecule has 1 saturated heterocycles. The number of hydrogen-bond acceptors (Lipinski definition) is 8. The molecule has 1 heterocycles. The van der Waals surface area contributed by atoms with E-state index in [2.05, 4.69) is 31.3 Å². The van der Waals surface area contributed by atoms with Gasteiger partial charge in [0.05, 0.1) is 25.4 Å². The Hall–Kier alpha value is -1.33. The summed E-state index contributed by atoms with van der Waals surface area (Å²) in [6.45, 7) is 3.77. The highest BCUT2D eigenvalue weighted by Crippen LogP contribution is 2.23. The van der Waals surface area contributed by atoms with Crippen molar-refractivity contribution in [2.45, 2.75) is 314 Å². The monoisotopic (exact) mass is 922 g/mol. The molecule has 1 amide bonds. The smallest absolute Gasteiger partial charge is 0.220 e. The molecule has 7 unspecified atom stereocenters. The van der Waals surface area contributed by atoms with Crippen LogP contribution in [0.5, 0.6) is 0 Å². The summed E-state index contributed by atoms with van der Waals surface area (Å²) in [7, 11) is 0. The molecule has 0 radical (unpaired) electrons. The summed E-state index contributed by atoms with van der Waals surface area (Å²) in [5.41, 5.74) is 0. The van der Waals surface area contributed by atoms with Crippen LogP contribution in [0.2, 0.25) is 0 Å². The van der Waals surface area contributed by atoms with Gasteiger partial charge in [0, 0.05) is 6.42 Å². The Morgan fingerprint density at radius 2 is 0.862 bits per heavy atom. The van der Waals surface area contributed by atoms with Crippen LogP contribution in [0.4, 0.5) is 0 Å². The lowest BCUT2D eigenvalue weighted by atomic mass is 9.99. The second-order valence-corrected chi connectivity index (χ2v) is 19.7. The SMILES string of the molecule is CCCCC/C=C\CCCCCCCC(=O)NC(COC1OC(CO)C(O)C(O)C1O)C(O)/C=C/CCCCCCCCCCCCCCCCCCCCCCCCCCCCCC. The van der Waals surface area contributed by atoms with Crippen molar-refractivity contribution in [3.63, 3.8) is 0 Å². The molecule has 9 heteroatoms. The van der Waals surface area contributed by atoms with E-state index in [0.29, 0.717) is 6.42 Å². The Labute approximate surface area is 400 Å². The molecule has 0 saturated carbocycles. The largest absolute Gasteiger partial charge is 0.394 e. The lowest BCUT2D eigenvalue weighted by molar-refractivity contribution is -0.302. The number of unbranched alkanes of at least 4 members (excludes halogenated alkanes) is 36. The van der Waals surface area contributed by atoms with E-state index in [9.17, 15) is 30.3 Å². The van der Waals surface area contributed by atoms with Gasteiger partial charge in [0.25, 0.3) is 0 Å². The number of nitrogens with one attached hydrogen (secondary N) is 1. The third-order valence-corrected chi connectivity index (χ3v) is 13.5. The lowest BCUT2D eigenvalue weighted by Crippen LogP contribution is -2.60. The van der Waals surface area contributed by atoms with Crippen LogP contribution in [0.15, 0.2) is 24.3 Å². The van der Waals surface area contributed by atoms with Gasteiger partial charge >= 0.3 is 0 Å². The fourth-order valence-corrected chi connectivity index (χ4v) is 9.04. The summed E-state index contributed by atoms with van der Waals surface area (Å²) in [6, 6.07) is -0.807. The highest BCUT2D eigenvalue weighted by molar-refractivity contribution is 5.76. The molecule has 0 aromatic carbocycles. The maximum Gasteiger partial charge on any atom is 0.220 e. The van der Waals surface area contributed by atoms with Gasteiger partial charge in [-0.05, 0) is 44.9 Å². The minimum atomic E-state index is -1.57. The summed E-state index contributed by atoms with van der Waals surface area (Å²) >= 11 is 0. The number of ether oxygens (including phenoxy) is 2. The van der Waals surface area contributed by atoms with Gasteiger partial charge in [-0.3, -0.25) is 4.79 Å². The van der Waals surface area contributed by atoms with Crippen LogP contribution in [0.1, 0.15) is 271 Å². The molecule has 1 aliphatic rings. The fourth-order valence-electron chi connectivity index (χ4n) is 9.04. The van der Waals surface area contributed by atoms with Crippen LogP contribution >= 0.6 is 0 Å². The Morgan fingerprint density at radius 1 is 0.508 bits per heavy atom. The Morgan fingerprint density at radius 3 is 1.28 bits per heavy atom. The van der Waals surface area contributed by atoms with Gasteiger partial charge in [0.15, 0.2) is 6.29 Å². The molecule has 1 rings (SSSR count). The molecule has 1 aliphatic heterocycles. The predicted molar refractivity (Wildman–Crippen MR) is 272 cm³/mol. The summed E-state index contributed by atoms with van der Waals surface area (Å²) in [5.74, 6) is -0.185. The number of aliphatic hydroxyl groups excluding tert-OH is 5. The average Bonchev–Trinajstić information content (AvgIpc) is 3.31. The molecule has 0 spiro atoms. The fraction of sp³-hybridized carbons (Fsp3) is 0.911. The molecule has 1 fully saturated rings. The lowest BCUT2D eigenvalue weighted by Gasteiger charge is -2.40. The quantitative estimate of drug-likeness (QED) is 0.0261. The number of rotatable bonds is 48. The molecule has 9 nitrogen and oxygen atoms in total. The Bertz CT molecular complexity index is 1070. The first-order valence-corrected chi connectivity index (χ1v) is 28.1. The van der Waals surface area contributed by atoms with Gasteiger partial charge in [0.1, 0.15) is 24.4 Å². The molecular weight excluding hydrogens is 815 g/mol. The van der Waals surface area contributed by atoms with E-state index in [4.69, 9.17) is 9.47 Å². The molecule has 0 aromatic heterocycles. The second-order valence-electron chi connectivity index (χ2n) is 19.7. The van der Waals surface area contributed by atoms with Crippen molar-refractivity contribution in [3.8, 4) is 0 Å². The van der Waals surface area contributed by atoms with E-state index in [1.165, 1.54) is 193 Å². The summed E-state index contributed by atoms with van der Waals surface area (Å²) < 4.78 is 11.2. The number of carbonyl (C=O) groups excluding carboxylic acids is 1. The molecule has 0 bridgehead atoms. The van der Waals surface area contributed by atoms with Crippen molar-refractivity contribution in [3.05, 3.63) is 24.3 Å². The van der Waals surface area contributed by atoms with E-state index < -0.39 is 49.5 Å². The van der Waals surface area contributed by atoms with E-state index in [1.54, 1.807) is 6.08 Å². The number of aliphatic hydroxyl groups is 5. The summed E-state index contributed by atoms with van der Waals surface area (Å²) in [4.78, 5) is 13.0. The minimum Gasteiger partial charge on any atom is -0.394 e. The normalized spacial score (nSPS) is 20.0. The molecular formula is C56H107NO8. The molecule has 0 aliphatic carbocycles. The zero-order valence-corrected chi connectivity index (χ0v) is 42.5. The van der Waals surface area contributed by atoms with Gasteiger partial charge < -0.3 is 40.3 Å². The van der Waals surface area contributed by atoms with Crippen molar-refractivity contribution < 1.29 is 39.8 Å². The zero-order chi connectivity index (χ0) is 47.3. The van der Waals surface area contributed by atoms with E-state index in [-0.39, 0.29) is 12.5 Å². The van der Waals surface area contributed by atoms with Crippen molar-refractivity contribution in [1.82, 2.24) is 5.32 Å². The topological polar surface area (TPSA) is 149 Å². The maximum absolute atomic E-state index is 13.0. The zero-order valence-electron chi connectivity index (χ0n) is 42.5. The predicted octanol–water partition coefficient (Wildman–Crippen LogP) is 13.4. The first kappa shape index (κ1) is 61.7. The van der Waals surface area contributed by atoms with Crippen LogP contribution < -0.4 is 5.32 Å². The van der Waals surface area contributed by atoms with Crippen LogP contribution in [-0.4, -0.2) is 87.5 Å². The van der Waals surface area contributed by atoms with Crippen molar-refractivity contribution in [2.24, 2.45) is 0 Å². The molecule has 384 valence electrons. The minimum absolute atomic E-state index is 0.185. The average molecular weight is 922 g/mol. The van der Waals surface area contributed by atoms with E-state index >= 15 is 0 Å². The molecule has 6 N–H and O–H groups in total. The molecule has 7 atom stereocenters. The third-order valence-electron chi connectivity index (χ3n) is 13.5.